The van der Waals surface area contributed by atoms with Crippen LogP contribution in [0.15, 0.2) is 17.2 Å². The van der Waals surface area contributed by atoms with Gasteiger partial charge in [0.05, 0.1) is 6.33 Å². The van der Waals surface area contributed by atoms with Gasteiger partial charge in [0.15, 0.2) is 0 Å². The highest BCUT2D eigenvalue weighted by Crippen LogP contribution is 1.96. The van der Waals surface area contributed by atoms with E-state index in [9.17, 15) is 9.59 Å². The maximum atomic E-state index is 11.4. The Bertz CT molecular complexity index is 428. The smallest absolute Gasteiger partial charge is 0.255 e. The number of amides is 1. The van der Waals surface area contributed by atoms with Crippen molar-refractivity contribution in [2.75, 3.05) is 6.54 Å². The fourth-order valence-electron chi connectivity index (χ4n) is 1.05. The fraction of sp³-hybridized carbons (Fsp3) is 0.500. The molecule has 1 heterocycles. The molecule has 1 N–H and O–H groups in total. The van der Waals surface area contributed by atoms with Crippen LogP contribution in [-0.2, 0) is 11.3 Å². The first-order valence-electron chi connectivity index (χ1n) is 4.97. The summed E-state index contributed by atoms with van der Waals surface area (Å²) in [6, 6.07) is 1.18. The Balaban J connectivity index is 2.60. The van der Waals surface area contributed by atoms with Crippen LogP contribution in [-0.4, -0.2) is 22.0 Å². The molecule has 0 aliphatic heterocycles. The number of halogens is 1. The number of carbonyl (C=O) groups is 1. The van der Waals surface area contributed by atoms with Crippen LogP contribution in [0.25, 0.3) is 0 Å². The van der Waals surface area contributed by atoms with Crippen LogP contribution in [0.2, 0.25) is 5.15 Å². The van der Waals surface area contributed by atoms with E-state index in [0.717, 1.165) is 0 Å². The molecule has 1 amide bonds. The molecule has 0 unspecified atom stereocenters. The first-order valence-corrected chi connectivity index (χ1v) is 5.35. The first-order chi connectivity index (χ1) is 7.49. The molecule has 1 aromatic heterocycles. The number of nitrogens with one attached hydrogen (secondary N) is 1. The van der Waals surface area contributed by atoms with E-state index in [1.54, 1.807) is 0 Å². The molecule has 0 aliphatic carbocycles. The average molecular weight is 244 g/mol. The Morgan fingerprint density at radius 1 is 1.62 bits per heavy atom. The molecule has 1 rings (SSSR count). The number of nitrogens with zero attached hydrogens (tertiary/aromatic N) is 2. The Morgan fingerprint density at radius 3 is 2.88 bits per heavy atom. The minimum atomic E-state index is -0.334. The zero-order valence-electron chi connectivity index (χ0n) is 9.24. The van der Waals surface area contributed by atoms with Gasteiger partial charge in [0.1, 0.15) is 11.7 Å². The molecule has 0 saturated carbocycles. The molecule has 0 aromatic carbocycles. The van der Waals surface area contributed by atoms with Crippen LogP contribution in [0.5, 0.6) is 0 Å². The monoisotopic (exact) mass is 243 g/mol. The van der Waals surface area contributed by atoms with E-state index in [1.807, 2.05) is 13.8 Å². The quantitative estimate of drug-likeness (QED) is 0.791. The van der Waals surface area contributed by atoms with Crippen LogP contribution >= 0.6 is 11.6 Å². The molecule has 0 aliphatic rings. The van der Waals surface area contributed by atoms with Crippen molar-refractivity contribution in [1.29, 1.82) is 0 Å². The molecule has 0 spiro atoms. The summed E-state index contributed by atoms with van der Waals surface area (Å²) in [7, 11) is 0. The third-order valence-electron chi connectivity index (χ3n) is 1.87. The highest BCUT2D eigenvalue weighted by Gasteiger charge is 2.05. The standard InChI is InChI=1S/C10H14ClN3O2/c1-7(2)4-12-9(15)5-14-6-13-8(11)3-10(14)16/h3,6-7H,4-5H2,1-2H3,(H,12,15). The Morgan fingerprint density at radius 2 is 2.31 bits per heavy atom. The SMILES string of the molecule is CC(C)CNC(=O)Cn1cnc(Cl)cc1=O. The van der Waals surface area contributed by atoms with Gasteiger partial charge in [-0.3, -0.25) is 14.2 Å². The maximum absolute atomic E-state index is 11.4. The lowest BCUT2D eigenvalue weighted by molar-refractivity contribution is -0.121. The van der Waals surface area contributed by atoms with Gasteiger partial charge in [0.2, 0.25) is 5.91 Å². The summed E-state index contributed by atoms with van der Waals surface area (Å²) in [5, 5.41) is 2.84. The number of rotatable bonds is 4. The second-order valence-corrected chi connectivity index (χ2v) is 4.26. The highest BCUT2D eigenvalue weighted by molar-refractivity contribution is 6.29. The molecule has 1 aromatic rings. The van der Waals surface area contributed by atoms with Crippen molar-refractivity contribution in [2.45, 2.75) is 20.4 Å². The number of hydrogen-bond donors (Lipinski definition) is 1. The van der Waals surface area contributed by atoms with Crippen molar-refractivity contribution in [3.05, 3.63) is 27.9 Å². The molecular formula is C10H14ClN3O2. The molecule has 0 bridgehead atoms. The molecular weight excluding hydrogens is 230 g/mol. The second-order valence-electron chi connectivity index (χ2n) is 3.88. The van der Waals surface area contributed by atoms with E-state index in [-0.39, 0.29) is 23.2 Å². The zero-order chi connectivity index (χ0) is 12.1. The summed E-state index contributed by atoms with van der Waals surface area (Å²) in [5.41, 5.74) is -0.334. The van der Waals surface area contributed by atoms with Crippen LogP contribution < -0.4 is 10.9 Å². The molecule has 16 heavy (non-hydrogen) atoms. The lowest BCUT2D eigenvalue weighted by atomic mass is 10.2. The van der Waals surface area contributed by atoms with Gasteiger partial charge in [-0.1, -0.05) is 25.4 Å². The Kier molecular flexibility index (Phi) is 4.49. The summed E-state index contributed by atoms with van der Waals surface area (Å²) < 4.78 is 1.21. The van der Waals surface area contributed by atoms with Gasteiger partial charge in [-0.05, 0) is 5.92 Å². The number of hydrogen-bond acceptors (Lipinski definition) is 3. The van der Waals surface area contributed by atoms with Gasteiger partial charge in [-0.15, -0.1) is 0 Å². The maximum Gasteiger partial charge on any atom is 0.255 e. The summed E-state index contributed by atoms with van der Waals surface area (Å²) in [4.78, 5) is 26.5. The highest BCUT2D eigenvalue weighted by atomic mass is 35.5. The van der Waals surface area contributed by atoms with Gasteiger partial charge in [0.25, 0.3) is 5.56 Å². The van der Waals surface area contributed by atoms with Crippen LogP contribution in [0, 0.1) is 5.92 Å². The summed E-state index contributed by atoms with van der Waals surface area (Å²) in [5.74, 6) is 0.170. The molecule has 0 saturated heterocycles. The molecule has 0 fully saturated rings. The lowest BCUT2D eigenvalue weighted by Gasteiger charge is -2.08. The minimum absolute atomic E-state index is 0.0320. The summed E-state index contributed by atoms with van der Waals surface area (Å²) in [6.45, 7) is 4.55. The van der Waals surface area contributed by atoms with Crippen LogP contribution in [0.3, 0.4) is 0 Å². The van der Waals surface area contributed by atoms with E-state index < -0.39 is 0 Å². The van der Waals surface area contributed by atoms with E-state index in [1.165, 1.54) is 17.0 Å². The predicted molar refractivity (Wildman–Crippen MR) is 61.4 cm³/mol. The van der Waals surface area contributed by atoms with Crippen molar-refractivity contribution in [1.82, 2.24) is 14.9 Å². The Hall–Kier alpha value is -1.36. The molecule has 5 nitrogen and oxygen atoms in total. The largest absolute Gasteiger partial charge is 0.354 e. The molecule has 0 atom stereocenters. The van der Waals surface area contributed by atoms with Crippen molar-refractivity contribution >= 4 is 17.5 Å². The van der Waals surface area contributed by atoms with Gasteiger partial charge in [-0.25, -0.2) is 4.98 Å². The summed E-state index contributed by atoms with van der Waals surface area (Å²) >= 11 is 5.53. The van der Waals surface area contributed by atoms with E-state index in [2.05, 4.69) is 10.3 Å². The Labute approximate surface area is 98.4 Å². The number of aromatic nitrogens is 2. The van der Waals surface area contributed by atoms with Crippen molar-refractivity contribution in [3.8, 4) is 0 Å². The average Bonchev–Trinajstić information content (AvgIpc) is 2.19. The second kappa shape index (κ2) is 5.65. The van der Waals surface area contributed by atoms with Crippen LogP contribution in [0.4, 0.5) is 0 Å². The topological polar surface area (TPSA) is 64.0 Å². The summed E-state index contributed by atoms with van der Waals surface area (Å²) in [6.07, 6.45) is 1.26. The molecule has 6 heteroatoms. The van der Waals surface area contributed by atoms with Crippen molar-refractivity contribution < 1.29 is 4.79 Å². The third kappa shape index (κ3) is 4.02. The van der Waals surface area contributed by atoms with Gasteiger partial charge < -0.3 is 5.32 Å². The van der Waals surface area contributed by atoms with Crippen LogP contribution in [0.1, 0.15) is 13.8 Å². The van der Waals surface area contributed by atoms with Gasteiger partial charge in [0, 0.05) is 12.6 Å². The van der Waals surface area contributed by atoms with Crippen molar-refractivity contribution in [3.63, 3.8) is 0 Å². The molecule has 0 radical (unpaired) electrons. The lowest BCUT2D eigenvalue weighted by Crippen LogP contribution is -2.34. The van der Waals surface area contributed by atoms with Crippen molar-refractivity contribution in [2.24, 2.45) is 5.92 Å². The minimum Gasteiger partial charge on any atom is -0.354 e. The van der Waals surface area contributed by atoms with Gasteiger partial charge >= 0.3 is 0 Å². The van der Waals surface area contributed by atoms with E-state index in [0.29, 0.717) is 12.5 Å². The zero-order valence-corrected chi connectivity index (χ0v) is 9.99. The fourth-order valence-corrected chi connectivity index (χ4v) is 1.19. The normalized spacial score (nSPS) is 10.5. The molecule has 88 valence electrons. The van der Waals surface area contributed by atoms with E-state index in [4.69, 9.17) is 11.6 Å². The van der Waals surface area contributed by atoms with Gasteiger partial charge in [-0.2, -0.15) is 0 Å². The van der Waals surface area contributed by atoms with E-state index >= 15 is 0 Å². The third-order valence-corrected chi connectivity index (χ3v) is 2.07. The number of carbonyl (C=O) groups excluding carboxylic acids is 1. The predicted octanol–water partition coefficient (Wildman–Crippen LogP) is 0.669. The first kappa shape index (κ1) is 12.7.